The van der Waals surface area contributed by atoms with Gasteiger partial charge in [-0.05, 0) is 62.1 Å². The lowest BCUT2D eigenvalue weighted by atomic mass is 9.96. The first-order valence-electron chi connectivity index (χ1n) is 12.0. The molecule has 1 aliphatic heterocycles. The summed E-state index contributed by atoms with van der Waals surface area (Å²) >= 11 is 0. The molecule has 4 N–H and O–H groups in total. The van der Waals surface area contributed by atoms with Crippen LogP contribution in [0.1, 0.15) is 38.4 Å². The van der Waals surface area contributed by atoms with Crippen LogP contribution in [0.25, 0.3) is 11.3 Å². The maximum Gasteiger partial charge on any atom is 0.149 e. The van der Waals surface area contributed by atoms with E-state index in [1.165, 1.54) is 6.07 Å². The fourth-order valence-corrected chi connectivity index (χ4v) is 4.79. The van der Waals surface area contributed by atoms with Crippen LogP contribution < -0.4 is 16.0 Å². The second-order valence-corrected chi connectivity index (χ2v) is 10.3. The van der Waals surface area contributed by atoms with Crippen LogP contribution in [0.2, 0.25) is 0 Å². The molecule has 0 saturated carbocycles. The van der Waals surface area contributed by atoms with Crippen LogP contribution in [0, 0.1) is 23.4 Å². The molecule has 9 heteroatoms. The zero-order valence-corrected chi connectivity index (χ0v) is 20.7. The number of hydrogen-bond acceptors (Lipinski definition) is 6. The number of benzene rings is 1. The summed E-state index contributed by atoms with van der Waals surface area (Å²) in [4.78, 5) is 10.7. The highest BCUT2D eigenvalue weighted by Crippen LogP contribution is 2.31. The molecule has 6 nitrogen and oxygen atoms in total. The van der Waals surface area contributed by atoms with Gasteiger partial charge in [0.25, 0.3) is 0 Å². The number of nitrogens with two attached hydrogens (primary N) is 1. The molecule has 0 aliphatic carbocycles. The van der Waals surface area contributed by atoms with Crippen molar-refractivity contribution in [1.29, 1.82) is 0 Å². The van der Waals surface area contributed by atoms with Crippen LogP contribution in [-0.4, -0.2) is 39.8 Å². The van der Waals surface area contributed by atoms with Crippen LogP contribution >= 0.6 is 0 Å². The van der Waals surface area contributed by atoms with E-state index in [1.54, 1.807) is 26.2 Å². The van der Waals surface area contributed by atoms with Gasteiger partial charge < -0.3 is 21.1 Å². The van der Waals surface area contributed by atoms with E-state index in [4.69, 9.17) is 5.73 Å². The topological polar surface area (TPSA) is 87.3 Å². The van der Waals surface area contributed by atoms with Crippen molar-refractivity contribution in [2.24, 2.45) is 11.7 Å². The summed E-state index contributed by atoms with van der Waals surface area (Å²) in [5.41, 5.74) is 6.54. The highest BCUT2D eigenvalue weighted by Gasteiger charge is 2.24. The summed E-state index contributed by atoms with van der Waals surface area (Å²) in [6.45, 7) is 7.04. The van der Waals surface area contributed by atoms with Gasteiger partial charge in [0.1, 0.15) is 23.1 Å². The second kappa shape index (κ2) is 10.4. The molecule has 0 amide bonds. The zero-order valence-electron chi connectivity index (χ0n) is 20.7. The number of aromatic nitrogens is 2. The predicted molar refractivity (Wildman–Crippen MR) is 135 cm³/mol. The van der Waals surface area contributed by atoms with Gasteiger partial charge in [-0.3, -0.25) is 4.98 Å². The molecule has 2 aromatic heterocycles. The molecule has 1 aromatic carbocycles. The molecule has 3 aromatic rings. The number of halogens is 3. The van der Waals surface area contributed by atoms with Gasteiger partial charge >= 0.3 is 0 Å². The van der Waals surface area contributed by atoms with Crippen molar-refractivity contribution >= 4 is 11.4 Å². The summed E-state index contributed by atoms with van der Waals surface area (Å²) < 4.78 is 44.4. The Kier molecular flexibility index (Phi) is 7.51. The minimum atomic E-state index is -1.14. The van der Waals surface area contributed by atoms with Gasteiger partial charge in [-0.2, -0.15) is 0 Å². The molecule has 4 rings (SSSR count). The maximum absolute atomic E-state index is 14.9. The molecule has 0 radical (unpaired) electrons. The van der Waals surface area contributed by atoms with E-state index in [9.17, 15) is 18.3 Å². The Balaban J connectivity index is 1.57. The standard InChI is InChI=1S/C27H32F3N5O/c1-16-8-18(31)15-35(14-16)24-6-7-32-13-23(24)33-12-19-4-5-20(28)26(34-19)25-21(29)9-17(10-22(25)30)11-27(2,3)36/h4-7,9-10,13,16,18,33,36H,8,11-12,14-15,31H2,1-3H3. The monoisotopic (exact) mass is 499 g/mol. The van der Waals surface area contributed by atoms with Crippen molar-refractivity contribution in [3.63, 3.8) is 0 Å². The Morgan fingerprint density at radius 1 is 1.11 bits per heavy atom. The lowest BCUT2D eigenvalue weighted by Gasteiger charge is -2.37. The largest absolute Gasteiger partial charge is 0.390 e. The molecule has 1 aliphatic rings. The van der Waals surface area contributed by atoms with Gasteiger partial charge in [0.2, 0.25) is 0 Å². The molecule has 192 valence electrons. The number of rotatable bonds is 7. The van der Waals surface area contributed by atoms with E-state index in [0.29, 0.717) is 11.6 Å². The first kappa shape index (κ1) is 25.9. The normalized spacial score (nSPS) is 18.4. The van der Waals surface area contributed by atoms with Crippen LogP contribution in [0.3, 0.4) is 0 Å². The number of nitrogens with one attached hydrogen (secondary N) is 1. The average Bonchev–Trinajstić information content (AvgIpc) is 2.77. The Labute approximate surface area is 209 Å². The van der Waals surface area contributed by atoms with Crippen molar-refractivity contribution in [3.8, 4) is 11.3 Å². The van der Waals surface area contributed by atoms with E-state index >= 15 is 0 Å². The smallest absolute Gasteiger partial charge is 0.149 e. The summed E-state index contributed by atoms with van der Waals surface area (Å²) in [5.74, 6) is -2.24. The van der Waals surface area contributed by atoms with Gasteiger partial charge in [-0.15, -0.1) is 0 Å². The van der Waals surface area contributed by atoms with Crippen molar-refractivity contribution in [1.82, 2.24) is 9.97 Å². The number of hydrogen-bond donors (Lipinski definition) is 3. The summed E-state index contributed by atoms with van der Waals surface area (Å²) in [5, 5.41) is 13.2. The Bertz CT molecular complexity index is 1200. The third-order valence-corrected chi connectivity index (χ3v) is 6.17. The van der Waals surface area contributed by atoms with Gasteiger partial charge in [0.05, 0.1) is 41.0 Å². The SMILES string of the molecule is CC1CC(N)CN(c2ccncc2NCc2ccc(F)c(-c3c(F)cc(CC(C)(C)O)cc3F)n2)C1. The Morgan fingerprint density at radius 3 is 2.50 bits per heavy atom. The molecule has 0 bridgehead atoms. The summed E-state index contributed by atoms with van der Waals surface area (Å²) in [6, 6.07) is 6.83. The van der Waals surface area contributed by atoms with Crippen LogP contribution in [0.4, 0.5) is 24.5 Å². The number of piperidine rings is 1. The van der Waals surface area contributed by atoms with Crippen LogP contribution in [-0.2, 0) is 13.0 Å². The van der Waals surface area contributed by atoms with Gasteiger partial charge in [-0.25, -0.2) is 18.2 Å². The minimum absolute atomic E-state index is 0.0507. The van der Waals surface area contributed by atoms with Crippen molar-refractivity contribution < 1.29 is 18.3 Å². The van der Waals surface area contributed by atoms with Gasteiger partial charge in [0, 0.05) is 31.7 Å². The number of nitrogens with zero attached hydrogens (tertiary/aromatic N) is 3. The second-order valence-electron chi connectivity index (χ2n) is 10.3. The zero-order chi connectivity index (χ0) is 26.0. The fraction of sp³-hybridized carbons (Fsp3) is 0.407. The van der Waals surface area contributed by atoms with Gasteiger partial charge in [-0.1, -0.05) is 6.92 Å². The molecule has 1 fully saturated rings. The lowest BCUT2D eigenvalue weighted by Crippen LogP contribution is -2.46. The number of aliphatic hydroxyl groups is 1. The van der Waals surface area contributed by atoms with Crippen molar-refractivity contribution in [3.05, 3.63) is 71.4 Å². The van der Waals surface area contributed by atoms with Crippen LogP contribution in [0.5, 0.6) is 0 Å². The van der Waals surface area contributed by atoms with Crippen LogP contribution in [0.15, 0.2) is 42.7 Å². The third kappa shape index (κ3) is 6.14. The molecule has 1 saturated heterocycles. The predicted octanol–water partition coefficient (Wildman–Crippen LogP) is 4.66. The first-order chi connectivity index (χ1) is 17.0. The molecule has 2 unspecified atom stereocenters. The fourth-order valence-electron chi connectivity index (χ4n) is 4.79. The molecule has 2 atom stereocenters. The number of anilines is 2. The Morgan fingerprint density at radius 2 is 1.83 bits per heavy atom. The molecule has 0 spiro atoms. The van der Waals surface area contributed by atoms with E-state index in [1.807, 2.05) is 6.07 Å². The van der Waals surface area contributed by atoms with Crippen molar-refractivity contribution in [2.75, 3.05) is 23.3 Å². The minimum Gasteiger partial charge on any atom is -0.390 e. The highest BCUT2D eigenvalue weighted by molar-refractivity contribution is 5.69. The van der Waals surface area contributed by atoms with E-state index in [0.717, 1.165) is 49.1 Å². The van der Waals surface area contributed by atoms with Gasteiger partial charge in [0.15, 0.2) is 0 Å². The molecule has 36 heavy (non-hydrogen) atoms. The first-order valence-corrected chi connectivity index (χ1v) is 12.0. The highest BCUT2D eigenvalue weighted by atomic mass is 19.1. The number of pyridine rings is 2. The quantitative estimate of drug-likeness (QED) is 0.438. The summed E-state index contributed by atoms with van der Waals surface area (Å²) in [7, 11) is 0. The lowest BCUT2D eigenvalue weighted by molar-refractivity contribution is 0.0809. The van der Waals surface area contributed by atoms with Crippen molar-refractivity contribution in [2.45, 2.75) is 51.8 Å². The Hall–Kier alpha value is -3.17. The van der Waals surface area contributed by atoms with E-state index in [-0.39, 0.29) is 24.6 Å². The molecular weight excluding hydrogens is 467 g/mol. The summed E-state index contributed by atoms with van der Waals surface area (Å²) in [6.07, 6.45) is 4.44. The average molecular weight is 500 g/mol. The molecular formula is C27H32F3N5O. The third-order valence-electron chi connectivity index (χ3n) is 6.17. The van der Waals surface area contributed by atoms with E-state index < -0.39 is 34.3 Å². The van der Waals surface area contributed by atoms with E-state index in [2.05, 4.69) is 27.1 Å². The molecule has 3 heterocycles. The maximum atomic E-state index is 14.9.